The van der Waals surface area contributed by atoms with E-state index in [0.717, 1.165) is 5.69 Å². The molecule has 64 valence electrons. The minimum absolute atomic E-state index is 1.11. The molecule has 3 N–H and O–H groups in total. The van der Waals surface area contributed by atoms with Crippen molar-refractivity contribution in [2.45, 2.75) is 6.92 Å². The van der Waals surface area contributed by atoms with Gasteiger partial charge in [0, 0.05) is 5.38 Å². The van der Waals surface area contributed by atoms with Crippen LogP contribution in [0.2, 0.25) is 0 Å². The molecule has 0 fully saturated rings. The molecule has 0 aromatic carbocycles. The number of aromatic nitrogens is 1. The highest BCUT2D eigenvalue weighted by molar-refractivity contribution is 7.45. The van der Waals surface area contributed by atoms with Gasteiger partial charge in [0.1, 0.15) is 0 Å². The molecule has 0 aliphatic rings. The number of phosphoric acid groups is 1. The molecule has 0 amide bonds. The zero-order chi connectivity index (χ0) is 8.91. The zero-order valence-electron chi connectivity index (χ0n) is 5.71. The Balaban J connectivity index is 0.000000187. The molecule has 0 unspecified atom stereocenters. The Labute approximate surface area is 67.7 Å². The summed E-state index contributed by atoms with van der Waals surface area (Å²) in [5, 5.41) is 1.97. The summed E-state index contributed by atoms with van der Waals surface area (Å²) < 4.78 is 12.8. The molecule has 0 saturated carbocycles. The Bertz CT molecular complexity index is 222. The maximum Gasteiger partial charge on any atom is 0.466 e. The molecule has 11 heavy (non-hydrogen) atoms. The van der Waals surface area contributed by atoms with E-state index in [1.165, 1.54) is 11.5 Å². The van der Waals surface area contributed by atoms with Crippen LogP contribution in [0, 0.1) is 6.92 Å². The topological polar surface area (TPSA) is 90.7 Å². The van der Waals surface area contributed by atoms with E-state index in [1.54, 1.807) is 0 Å². The molecular weight excluding hydrogens is 189 g/mol. The van der Waals surface area contributed by atoms with Gasteiger partial charge in [-0.25, -0.2) is 4.57 Å². The maximum absolute atomic E-state index is 8.88. The second kappa shape index (κ2) is 4.58. The minimum atomic E-state index is -4.64. The van der Waals surface area contributed by atoms with Gasteiger partial charge in [-0.3, -0.25) is 0 Å². The van der Waals surface area contributed by atoms with Gasteiger partial charge in [0.2, 0.25) is 0 Å². The summed E-state index contributed by atoms with van der Waals surface area (Å²) in [5.41, 5.74) is 1.11. The van der Waals surface area contributed by atoms with Gasteiger partial charge in [-0.05, 0) is 24.5 Å². The van der Waals surface area contributed by atoms with E-state index in [9.17, 15) is 0 Å². The van der Waals surface area contributed by atoms with Crippen molar-refractivity contribution in [3.8, 4) is 0 Å². The highest BCUT2D eigenvalue weighted by atomic mass is 32.1. The van der Waals surface area contributed by atoms with Crippen molar-refractivity contribution in [2.75, 3.05) is 0 Å². The largest absolute Gasteiger partial charge is 0.466 e. The van der Waals surface area contributed by atoms with Crippen LogP contribution >= 0.6 is 19.4 Å². The van der Waals surface area contributed by atoms with E-state index in [0.29, 0.717) is 0 Å². The van der Waals surface area contributed by atoms with Gasteiger partial charge in [-0.2, -0.15) is 4.37 Å². The van der Waals surface area contributed by atoms with Crippen LogP contribution in [-0.2, 0) is 4.57 Å². The molecule has 1 heterocycles. The number of hydrogen-bond acceptors (Lipinski definition) is 3. The molecule has 0 saturated heterocycles. The third kappa shape index (κ3) is 12.8. The van der Waals surface area contributed by atoms with Gasteiger partial charge >= 0.3 is 7.82 Å². The second-order valence-corrected chi connectivity index (χ2v) is 3.35. The van der Waals surface area contributed by atoms with Crippen LogP contribution in [-0.4, -0.2) is 19.1 Å². The standard InChI is InChI=1S/C4H5NS.H3O4P/c1-4-2-3-6-5-4;1-5(2,3)4/h2-3H,1H3;(H3,1,2,3,4). The van der Waals surface area contributed by atoms with E-state index in [2.05, 4.69) is 4.37 Å². The van der Waals surface area contributed by atoms with E-state index in [1.807, 2.05) is 18.4 Å². The molecular formula is C4H8NO4PS. The number of hydrogen-bond donors (Lipinski definition) is 3. The van der Waals surface area contributed by atoms with Gasteiger partial charge in [0.05, 0.1) is 5.69 Å². The van der Waals surface area contributed by atoms with E-state index >= 15 is 0 Å². The zero-order valence-corrected chi connectivity index (χ0v) is 7.42. The average Bonchev–Trinajstić information content (AvgIpc) is 2.12. The van der Waals surface area contributed by atoms with Crippen LogP contribution < -0.4 is 0 Å². The van der Waals surface area contributed by atoms with E-state index < -0.39 is 7.82 Å². The Kier molecular flexibility index (Phi) is 4.48. The first-order chi connectivity index (χ1) is 4.89. The second-order valence-electron chi connectivity index (χ2n) is 1.65. The van der Waals surface area contributed by atoms with Gasteiger partial charge < -0.3 is 14.7 Å². The van der Waals surface area contributed by atoms with Crippen molar-refractivity contribution in [1.29, 1.82) is 0 Å². The van der Waals surface area contributed by atoms with Crippen LogP contribution in [0.5, 0.6) is 0 Å². The van der Waals surface area contributed by atoms with Crippen molar-refractivity contribution in [1.82, 2.24) is 4.37 Å². The first kappa shape index (κ1) is 10.7. The lowest BCUT2D eigenvalue weighted by molar-refractivity contribution is 0.275. The molecule has 0 radical (unpaired) electrons. The van der Waals surface area contributed by atoms with Gasteiger partial charge in [-0.1, -0.05) is 0 Å². The molecule has 0 aliphatic heterocycles. The molecule has 0 atom stereocenters. The van der Waals surface area contributed by atoms with Gasteiger partial charge in [0.15, 0.2) is 0 Å². The summed E-state index contributed by atoms with van der Waals surface area (Å²) in [4.78, 5) is 21.6. The van der Waals surface area contributed by atoms with Crippen LogP contribution in [0.15, 0.2) is 11.4 Å². The molecule has 1 rings (SSSR count). The summed E-state index contributed by atoms with van der Waals surface area (Å²) in [5.74, 6) is 0. The van der Waals surface area contributed by atoms with E-state index in [4.69, 9.17) is 19.2 Å². The number of aryl methyl sites for hydroxylation is 1. The van der Waals surface area contributed by atoms with Crippen LogP contribution in [0.4, 0.5) is 0 Å². The lowest BCUT2D eigenvalue weighted by Gasteiger charge is -1.82. The SMILES string of the molecule is Cc1ccsn1.O=P(O)(O)O. The van der Waals surface area contributed by atoms with Crippen LogP contribution in [0.25, 0.3) is 0 Å². The van der Waals surface area contributed by atoms with Crippen molar-refractivity contribution in [3.63, 3.8) is 0 Å². The fraction of sp³-hybridized carbons (Fsp3) is 0.250. The van der Waals surface area contributed by atoms with Crippen molar-refractivity contribution < 1.29 is 19.2 Å². The highest BCUT2D eigenvalue weighted by Crippen LogP contribution is 2.25. The predicted molar refractivity (Wildman–Crippen MR) is 41.1 cm³/mol. The molecule has 1 aromatic rings. The quantitative estimate of drug-likeness (QED) is 0.527. The van der Waals surface area contributed by atoms with Crippen molar-refractivity contribution in [3.05, 3.63) is 17.1 Å². The Morgan fingerprint density at radius 2 is 2.00 bits per heavy atom. The first-order valence-corrected chi connectivity index (χ1v) is 4.95. The first-order valence-electron chi connectivity index (χ1n) is 2.55. The number of rotatable bonds is 0. The van der Waals surface area contributed by atoms with Crippen LogP contribution in [0.3, 0.4) is 0 Å². The van der Waals surface area contributed by atoms with E-state index in [-0.39, 0.29) is 0 Å². The molecule has 5 nitrogen and oxygen atoms in total. The Morgan fingerprint density at radius 3 is 2.09 bits per heavy atom. The summed E-state index contributed by atoms with van der Waals surface area (Å²) in [6.07, 6.45) is 0. The Morgan fingerprint density at radius 1 is 1.55 bits per heavy atom. The summed E-state index contributed by atoms with van der Waals surface area (Å²) in [7, 11) is -4.64. The summed E-state index contributed by atoms with van der Waals surface area (Å²) >= 11 is 1.49. The Hall–Kier alpha value is -0.260. The fourth-order valence-corrected chi connectivity index (χ4v) is 0.819. The third-order valence-corrected chi connectivity index (χ3v) is 1.22. The van der Waals surface area contributed by atoms with Gasteiger partial charge in [-0.15, -0.1) is 0 Å². The number of nitrogens with zero attached hydrogens (tertiary/aromatic N) is 1. The smallest absolute Gasteiger partial charge is 0.303 e. The monoisotopic (exact) mass is 197 g/mol. The molecule has 1 aromatic heterocycles. The van der Waals surface area contributed by atoms with Crippen molar-refractivity contribution >= 4 is 19.4 Å². The normalized spacial score (nSPS) is 10.2. The third-order valence-electron chi connectivity index (χ3n) is 0.567. The molecule has 7 heteroatoms. The van der Waals surface area contributed by atoms with Gasteiger partial charge in [0.25, 0.3) is 0 Å². The molecule has 0 bridgehead atoms. The average molecular weight is 197 g/mol. The fourth-order valence-electron chi connectivity index (χ4n) is 0.273. The molecule has 0 aliphatic carbocycles. The maximum atomic E-state index is 8.88. The lowest BCUT2D eigenvalue weighted by atomic mass is 10.5. The van der Waals surface area contributed by atoms with Crippen molar-refractivity contribution in [2.24, 2.45) is 0 Å². The van der Waals surface area contributed by atoms with Crippen LogP contribution in [0.1, 0.15) is 5.69 Å². The molecule has 0 spiro atoms. The lowest BCUT2D eigenvalue weighted by Crippen LogP contribution is -1.66. The summed E-state index contributed by atoms with van der Waals surface area (Å²) in [6.45, 7) is 1.98. The highest BCUT2D eigenvalue weighted by Gasteiger charge is 2.00. The predicted octanol–water partition coefficient (Wildman–Crippen LogP) is 0.523. The summed E-state index contributed by atoms with van der Waals surface area (Å²) in [6, 6.07) is 1.99. The minimum Gasteiger partial charge on any atom is -0.303 e.